The molecule has 1 saturated heterocycles. The highest BCUT2D eigenvalue weighted by Crippen LogP contribution is 2.55. The molecule has 8 heteroatoms. The Morgan fingerprint density at radius 1 is 0.974 bits per heavy atom. The Balaban J connectivity index is 0.000000208. The first-order valence-electron chi connectivity index (χ1n) is 12.5. The van der Waals surface area contributed by atoms with Crippen LogP contribution >= 0.6 is 0 Å². The first-order chi connectivity index (χ1) is 17.6. The van der Waals surface area contributed by atoms with Crippen LogP contribution in [0.1, 0.15) is 59.9 Å². The maximum atomic E-state index is 11.5. The average molecular weight is 527 g/mol. The van der Waals surface area contributed by atoms with Gasteiger partial charge in [0.2, 0.25) is 0 Å². The predicted octanol–water partition coefficient (Wildman–Crippen LogP) is 5.21. The Hall–Kier alpha value is -3.68. The maximum Gasteiger partial charge on any atom is 0.333 e. The molecule has 8 nitrogen and oxygen atoms in total. The summed E-state index contributed by atoms with van der Waals surface area (Å²) in [6, 6.07) is 7.15. The molecule has 2 saturated carbocycles. The molecule has 5 atom stereocenters. The zero-order valence-electron chi connectivity index (χ0n) is 23.1. The molecule has 2 bridgehead atoms. The van der Waals surface area contributed by atoms with Crippen LogP contribution in [0.5, 0.6) is 5.75 Å². The van der Waals surface area contributed by atoms with Gasteiger partial charge in [-0.05, 0) is 65.2 Å². The monoisotopic (exact) mass is 526 g/mol. The van der Waals surface area contributed by atoms with E-state index in [4.69, 9.17) is 18.9 Å². The molecule has 0 radical (unpaired) electrons. The third-order valence-corrected chi connectivity index (χ3v) is 6.13. The van der Waals surface area contributed by atoms with Gasteiger partial charge in [0, 0.05) is 29.9 Å². The lowest BCUT2D eigenvalue weighted by Crippen LogP contribution is -2.36. The van der Waals surface area contributed by atoms with Crippen LogP contribution in [0.3, 0.4) is 0 Å². The summed E-state index contributed by atoms with van der Waals surface area (Å²) in [5.41, 5.74) is 1.43. The summed E-state index contributed by atoms with van der Waals surface area (Å²) in [7, 11) is 0. The number of rotatable bonds is 5. The molecular weight excluding hydrogens is 488 g/mol. The zero-order valence-corrected chi connectivity index (χ0v) is 23.1. The summed E-state index contributed by atoms with van der Waals surface area (Å²) < 4.78 is 20.5. The van der Waals surface area contributed by atoms with Crippen molar-refractivity contribution in [2.24, 2.45) is 17.8 Å². The first-order valence-corrected chi connectivity index (χ1v) is 12.5. The van der Waals surface area contributed by atoms with E-state index in [2.05, 4.69) is 19.7 Å². The summed E-state index contributed by atoms with van der Waals surface area (Å²) in [5, 5.41) is 0. The van der Waals surface area contributed by atoms with Crippen molar-refractivity contribution in [1.82, 2.24) is 0 Å². The number of hydrogen-bond donors (Lipinski definition) is 0. The van der Waals surface area contributed by atoms with E-state index in [1.807, 2.05) is 32.9 Å². The van der Waals surface area contributed by atoms with Gasteiger partial charge in [0.05, 0.1) is 5.92 Å². The van der Waals surface area contributed by atoms with Gasteiger partial charge in [-0.3, -0.25) is 9.59 Å². The molecule has 1 aliphatic heterocycles. The number of esters is 4. The van der Waals surface area contributed by atoms with Crippen molar-refractivity contribution in [2.45, 2.75) is 72.2 Å². The maximum absolute atomic E-state index is 11.5. The van der Waals surface area contributed by atoms with Crippen LogP contribution in [-0.2, 0) is 33.4 Å². The third-order valence-electron chi connectivity index (χ3n) is 6.13. The molecule has 206 valence electrons. The van der Waals surface area contributed by atoms with Gasteiger partial charge in [0.25, 0.3) is 0 Å². The van der Waals surface area contributed by atoms with E-state index in [1.165, 1.54) is 6.92 Å². The van der Waals surface area contributed by atoms with E-state index < -0.39 is 5.60 Å². The van der Waals surface area contributed by atoms with E-state index in [0.29, 0.717) is 22.8 Å². The minimum Gasteiger partial charge on any atom is -0.458 e. The second kappa shape index (κ2) is 12.7. The molecule has 5 unspecified atom stereocenters. The van der Waals surface area contributed by atoms with Crippen LogP contribution in [0.4, 0.5) is 0 Å². The van der Waals surface area contributed by atoms with Gasteiger partial charge in [-0.2, -0.15) is 0 Å². The van der Waals surface area contributed by atoms with Crippen molar-refractivity contribution in [3.8, 4) is 5.75 Å². The van der Waals surface area contributed by atoms with E-state index in [1.54, 1.807) is 32.1 Å². The van der Waals surface area contributed by atoms with Crippen molar-refractivity contribution in [3.63, 3.8) is 0 Å². The van der Waals surface area contributed by atoms with Crippen molar-refractivity contribution < 1.29 is 38.1 Å². The number of hydrogen-bond acceptors (Lipinski definition) is 8. The first kappa shape index (κ1) is 30.5. The van der Waals surface area contributed by atoms with E-state index >= 15 is 0 Å². The predicted molar refractivity (Wildman–Crippen MR) is 143 cm³/mol. The van der Waals surface area contributed by atoms with Gasteiger partial charge >= 0.3 is 23.9 Å². The fourth-order valence-electron chi connectivity index (χ4n) is 4.49. The van der Waals surface area contributed by atoms with E-state index in [9.17, 15) is 19.2 Å². The topological polar surface area (TPSA) is 105 Å². The lowest BCUT2D eigenvalue weighted by Gasteiger charge is -2.25. The molecule has 1 heterocycles. The molecule has 0 spiro atoms. The SMILES string of the molecule is C=C(C)C(=O)OC(C)(C)C.C=C(C)C(=O)OC1C2CC3C(=O)OC1C3C2.C=Cc1ccc(OC(C)=O)cc1. The number of fused-ring (bicyclic) bond motifs is 1. The summed E-state index contributed by atoms with van der Waals surface area (Å²) in [6.45, 7) is 20.7. The standard InChI is InChI=1S/C12H14O4.C10H10O2.C8H14O2/c1-5(2)11(13)15-9-6-3-7-8(4-6)12(14)16-10(7)9;1-3-9-4-6-10(7-5-9)12-8(2)11;1-6(2)7(9)10-8(3,4)5/h6-10H,1,3-4H2,2H3;3-7H,1H2,2H3;1H2,2-5H3. The zero-order chi connectivity index (χ0) is 28.8. The van der Waals surface area contributed by atoms with Gasteiger partial charge in [0.15, 0.2) is 0 Å². The number of carbonyl (C=O) groups is 4. The van der Waals surface area contributed by atoms with Crippen molar-refractivity contribution in [1.29, 1.82) is 0 Å². The molecular formula is C30H38O8. The molecule has 0 N–H and O–H groups in total. The van der Waals surface area contributed by atoms with Crippen molar-refractivity contribution >= 4 is 30.0 Å². The van der Waals surface area contributed by atoms with Crippen molar-refractivity contribution in [3.05, 3.63) is 60.7 Å². The number of ether oxygens (including phenoxy) is 4. The molecule has 1 aromatic rings. The number of carbonyl (C=O) groups excluding carboxylic acids is 4. The Bertz CT molecular complexity index is 1090. The lowest BCUT2D eigenvalue weighted by molar-refractivity contribution is -0.158. The molecule has 3 fully saturated rings. The molecule has 4 rings (SSSR count). The molecule has 38 heavy (non-hydrogen) atoms. The Morgan fingerprint density at radius 2 is 1.55 bits per heavy atom. The van der Waals surface area contributed by atoms with E-state index in [-0.39, 0.29) is 47.9 Å². The smallest absolute Gasteiger partial charge is 0.333 e. The lowest BCUT2D eigenvalue weighted by atomic mass is 9.88. The summed E-state index contributed by atoms with van der Waals surface area (Å²) >= 11 is 0. The third kappa shape index (κ3) is 8.43. The Kier molecular flexibility index (Phi) is 10.2. The summed E-state index contributed by atoms with van der Waals surface area (Å²) in [5.74, 6) is 0.0929. The normalized spacial score (nSPS) is 23.9. The fourth-order valence-corrected chi connectivity index (χ4v) is 4.49. The Morgan fingerprint density at radius 3 is 2.00 bits per heavy atom. The summed E-state index contributed by atoms with van der Waals surface area (Å²) in [4.78, 5) is 44.3. The van der Waals surface area contributed by atoms with Crippen LogP contribution in [0, 0.1) is 17.8 Å². The van der Waals surface area contributed by atoms with Crippen LogP contribution in [0.2, 0.25) is 0 Å². The number of benzene rings is 1. The highest BCUT2D eigenvalue weighted by Gasteiger charge is 2.63. The van der Waals surface area contributed by atoms with Crippen LogP contribution in [-0.4, -0.2) is 41.7 Å². The minimum atomic E-state index is -0.407. The molecule has 3 aliphatic rings. The van der Waals surface area contributed by atoms with Crippen molar-refractivity contribution in [2.75, 3.05) is 0 Å². The molecule has 1 aromatic carbocycles. The van der Waals surface area contributed by atoms with Gasteiger partial charge in [-0.25, -0.2) is 9.59 Å². The fraction of sp³-hybridized carbons (Fsp3) is 0.467. The quantitative estimate of drug-likeness (QED) is 0.223. The van der Waals surface area contributed by atoms with E-state index in [0.717, 1.165) is 18.4 Å². The van der Waals surface area contributed by atoms with Gasteiger partial charge in [-0.15, -0.1) is 0 Å². The highest BCUT2D eigenvalue weighted by atomic mass is 16.6. The van der Waals surface area contributed by atoms with Crippen LogP contribution < -0.4 is 4.74 Å². The highest BCUT2D eigenvalue weighted by molar-refractivity contribution is 5.87. The van der Waals surface area contributed by atoms with Gasteiger partial charge in [-0.1, -0.05) is 37.9 Å². The molecule has 2 aliphatic carbocycles. The largest absolute Gasteiger partial charge is 0.458 e. The minimum absolute atomic E-state index is 0.0646. The summed E-state index contributed by atoms with van der Waals surface area (Å²) in [6.07, 6.45) is 3.07. The van der Waals surface area contributed by atoms with Crippen LogP contribution in [0.25, 0.3) is 6.08 Å². The Labute approximate surface area is 224 Å². The second-order valence-electron chi connectivity index (χ2n) is 10.7. The second-order valence-corrected chi connectivity index (χ2v) is 10.7. The van der Waals surface area contributed by atoms with Gasteiger partial charge < -0.3 is 18.9 Å². The molecule has 0 aromatic heterocycles. The average Bonchev–Trinajstić information content (AvgIpc) is 3.44. The molecule has 0 amide bonds. The van der Waals surface area contributed by atoms with Gasteiger partial charge in [0.1, 0.15) is 23.6 Å². The van der Waals surface area contributed by atoms with Crippen LogP contribution in [0.15, 0.2) is 55.1 Å².